The molecule has 1 aliphatic heterocycles. The maximum atomic E-state index is 13.6. The molecule has 8 nitrogen and oxygen atoms in total. The van der Waals surface area contributed by atoms with E-state index in [2.05, 4.69) is 15.1 Å². The highest BCUT2D eigenvalue weighted by molar-refractivity contribution is 7.89. The molecule has 0 radical (unpaired) electrons. The van der Waals surface area contributed by atoms with Crippen molar-refractivity contribution in [3.63, 3.8) is 0 Å². The predicted molar refractivity (Wildman–Crippen MR) is 108 cm³/mol. The highest BCUT2D eigenvalue weighted by atomic mass is 32.2. The van der Waals surface area contributed by atoms with Crippen LogP contribution in [0.4, 0.5) is 4.39 Å². The van der Waals surface area contributed by atoms with E-state index in [1.54, 1.807) is 36.1 Å². The second-order valence-corrected chi connectivity index (χ2v) is 8.90. The summed E-state index contributed by atoms with van der Waals surface area (Å²) in [6.07, 6.45) is 4.07. The number of halogens is 1. The first-order valence-electron chi connectivity index (χ1n) is 9.62. The SMILES string of the molecule is CCn1cc(S(=O)(=O)N2CCOC(c3cncc(-c4cccc(F)c4)n3)C2)c(C)n1. The van der Waals surface area contributed by atoms with E-state index in [0.717, 1.165) is 0 Å². The number of aromatic nitrogens is 4. The van der Waals surface area contributed by atoms with Crippen LogP contribution in [0.2, 0.25) is 0 Å². The van der Waals surface area contributed by atoms with Crippen LogP contribution >= 0.6 is 0 Å². The molecule has 10 heteroatoms. The Hall–Kier alpha value is -2.69. The lowest BCUT2D eigenvalue weighted by atomic mass is 10.1. The Morgan fingerprint density at radius 3 is 2.87 bits per heavy atom. The van der Waals surface area contributed by atoms with Crippen molar-refractivity contribution in [1.29, 1.82) is 0 Å². The Balaban J connectivity index is 1.60. The minimum Gasteiger partial charge on any atom is -0.369 e. The van der Waals surface area contributed by atoms with E-state index in [1.165, 1.54) is 22.6 Å². The normalized spacial score (nSPS) is 17.9. The van der Waals surface area contributed by atoms with Crippen LogP contribution in [-0.4, -0.2) is 52.2 Å². The van der Waals surface area contributed by atoms with E-state index < -0.39 is 16.1 Å². The first-order chi connectivity index (χ1) is 14.4. The molecular formula is C20H22FN5O3S. The van der Waals surface area contributed by atoms with Gasteiger partial charge in [-0.25, -0.2) is 17.8 Å². The third kappa shape index (κ3) is 3.98. The second kappa shape index (κ2) is 8.21. The van der Waals surface area contributed by atoms with E-state index in [4.69, 9.17) is 4.74 Å². The van der Waals surface area contributed by atoms with Gasteiger partial charge >= 0.3 is 0 Å². The number of nitrogens with zero attached hydrogens (tertiary/aromatic N) is 5. The van der Waals surface area contributed by atoms with Crippen molar-refractivity contribution in [3.05, 3.63) is 60.1 Å². The molecule has 0 spiro atoms. The monoisotopic (exact) mass is 431 g/mol. The van der Waals surface area contributed by atoms with Crippen LogP contribution in [0.25, 0.3) is 11.3 Å². The zero-order valence-corrected chi connectivity index (χ0v) is 17.5. The van der Waals surface area contributed by atoms with Crippen LogP contribution in [0.3, 0.4) is 0 Å². The molecule has 0 saturated carbocycles. The smallest absolute Gasteiger partial charge is 0.246 e. The Morgan fingerprint density at radius 2 is 2.13 bits per heavy atom. The van der Waals surface area contributed by atoms with E-state index in [-0.39, 0.29) is 30.4 Å². The summed E-state index contributed by atoms with van der Waals surface area (Å²) in [6, 6.07) is 6.07. The van der Waals surface area contributed by atoms with Gasteiger partial charge in [0.15, 0.2) is 0 Å². The number of morpholine rings is 1. The molecule has 2 aromatic heterocycles. The molecule has 0 amide bonds. The lowest BCUT2D eigenvalue weighted by Gasteiger charge is -2.31. The Kier molecular flexibility index (Phi) is 5.63. The summed E-state index contributed by atoms with van der Waals surface area (Å²) in [5.41, 5.74) is 2.05. The van der Waals surface area contributed by atoms with Gasteiger partial charge in [0.25, 0.3) is 0 Å². The van der Waals surface area contributed by atoms with Crippen LogP contribution < -0.4 is 0 Å². The van der Waals surface area contributed by atoms with Gasteiger partial charge in [-0.15, -0.1) is 0 Å². The van der Waals surface area contributed by atoms with Crippen LogP contribution in [-0.2, 0) is 21.3 Å². The predicted octanol–water partition coefficient (Wildman–Crippen LogP) is 2.57. The molecule has 1 aliphatic rings. The second-order valence-electron chi connectivity index (χ2n) is 7.00. The number of hydrogen-bond donors (Lipinski definition) is 0. The lowest BCUT2D eigenvalue weighted by Crippen LogP contribution is -2.42. The molecule has 1 atom stereocenters. The molecule has 3 heterocycles. The van der Waals surface area contributed by atoms with Gasteiger partial charge in [0.2, 0.25) is 10.0 Å². The molecule has 1 fully saturated rings. The maximum Gasteiger partial charge on any atom is 0.246 e. The van der Waals surface area contributed by atoms with Crippen molar-refractivity contribution < 1.29 is 17.5 Å². The number of hydrogen-bond acceptors (Lipinski definition) is 6. The average Bonchev–Trinajstić information content (AvgIpc) is 3.15. The molecule has 1 aromatic carbocycles. The zero-order valence-electron chi connectivity index (χ0n) is 16.7. The van der Waals surface area contributed by atoms with E-state index >= 15 is 0 Å². The average molecular weight is 431 g/mol. The number of ether oxygens (including phenoxy) is 1. The minimum atomic E-state index is -3.72. The van der Waals surface area contributed by atoms with Gasteiger partial charge in [-0.05, 0) is 26.0 Å². The van der Waals surface area contributed by atoms with Gasteiger partial charge in [-0.1, -0.05) is 12.1 Å². The zero-order chi connectivity index (χ0) is 21.3. The van der Waals surface area contributed by atoms with Crippen molar-refractivity contribution in [2.75, 3.05) is 19.7 Å². The molecule has 30 heavy (non-hydrogen) atoms. The van der Waals surface area contributed by atoms with Crippen molar-refractivity contribution in [2.45, 2.75) is 31.4 Å². The summed E-state index contributed by atoms with van der Waals surface area (Å²) in [5, 5.41) is 4.25. The van der Waals surface area contributed by atoms with Gasteiger partial charge < -0.3 is 4.74 Å². The maximum absolute atomic E-state index is 13.6. The van der Waals surface area contributed by atoms with Crippen molar-refractivity contribution in [2.24, 2.45) is 0 Å². The van der Waals surface area contributed by atoms with Gasteiger partial charge in [-0.2, -0.15) is 9.40 Å². The summed E-state index contributed by atoms with van der Waals surface area (Å²) in [4.78, 5) is 8.93. The van der Waals surface area contributed by atoms with Crippen LogP contribution in [0, 0.1) is 12.7 Å². The molecule has 0 aliphatic carbocycles. The first-order valence-corrected chi connectivity index (χ1v) is 11.1. The Morgan fingerprint density at radius 1 is 1.30 bits per heavy atom. The number of aryl methyl sites for hydroxylation is 2. The number of rotatable bonds is 5. The highest BCUT2D eigenvalue weighted by Gasteiger charge is 2.34. The van der Waals surface area contributed by atoms with Crippen LogP contribution in [0.1, 0.15) is 24.4 Å². The molecule has 0 bridgehead atoms. The van der Waals surface area contributed by atoms with Gasteiger partial charge in [-0.3, -0.25) is 9.67 Å². The summed E-state index contributed by atoms with van der Waals surface area (Å²) in [5.74, 6) is -0.367. The molecule has 1 saturated heterocycles. The molecular weight excluding hydrogens is 409 g/mol. The molecule has 3 aromatic rings. The van der Waals surface area contributed by atoms with E-state index in [0.29, 0.717) is 29.2 Å². The van der Waals surface area contributed by atoms with E-state index in [9.17, 15) is 12.8 Å². The third-order valence-corrected chi connectivity index (χ3v) is 6.94. The topological polar surface area (TPSA) is 90.2 Å². The third-order valence-electron chi connectivity index (χ3n) is 4.98. The Bertz CT molecular complexity index is 1160. The van der Waals surface area contributed by atoms with Gasteiger partial charge in [0.05, 0.1) is 36.1 Å². The molecule has 0 N–H and O–H groups in total. The summed E-state index contributed by atoms with van der Waals surface area (Å²) in [6.45, 7) is 4.76. The van der Waals surface area contributed by atoms with Gasteiger partial charge in [0.1, 0.15) is 16.8 Å². The summed E-state index contributed by atoms with van der Waals surface area (Å²) < 4.78 is 48.7. The summed E-state index contributed by atoms with van der Waals surface area (Å²) >= 11 is 0. The lowest BCUT2D eigenvalue weighted by molar-refractivity contribution is -0.00509. The fraction of sp³-hybridized carbons (Fsp3) is 0.350. The first kappa shape index (κ1) is 20.6. The minimum absolute atomic E-state index is 0.111. The summed E-state index contributed by atoms with van der Waals surface area (Å²) in [7, 11) is -3.72. The van der Waals surface area contributed by atoms with E-state index in [1.807, 2.05) is 6.92 Å². The molecule has 4 rings (SSSR count). The number of sulfonamides is 1. The van der Waals surface area contributed by atoms with Crippen LogP contribution in [0.5, 0.6) is 0 Å². The van der Waals surface area contributed by atoms with Crippen LogP contribution in [0.15, 0.2) is 47.8 Å². The molecule has 1 unspecified atom stereocenters. The fourth-order valence-corrected chi connectivity index (χ4v) is 4.99. The van der Waals surface area contributed by atoms with Gasteiger partial charge in [0, 0.05) is 31.4 Å². The van der Waals surface area contributed by atoms with Crippen molar-refractivity contribution >= 4 is 10.0 Å². The largest absolute Gasteiger partial charge is 0.369 e. The standard InChI is InChI=1S/C20H22FN5O3S/c1-3-25-13-20(14(2)24-25)30(27,28)26-7-8-29-19(12-26)18-11-22-10-17(23-18)15-5-4-6-16(21)9-15/h4-6,9-11,13,19H,3,7-8,12H2,1-2H3. The quantitative estimate of drug-likeness (QED) is 0.617. The highest BCUT2D eigenvalue weighted by Crippen LogP contribution is 2.28. The van der Waals surface area contributed by atoms with Crippen molar-refractivity contribution in [3.8, 4) is 11.3 Å². The van der Waals surface area contributed by atoms with Crippen molar-refractivity contribution in [1.82, 2.24) is 24.1 Å². The Labute approximate surface area is 174 Å². The molecule has 158 valence electrons. The number of benzene rings is 1. The fourth-order valence-electron chi connectivity index (χ4n) is 3.40.